The first-order valence-electron chi connectivity index (χ1n) is 6.71. The van der Waals surface area contributed by atoms with Crippen molar-refractivity contribution in [2.45, 2.75) is 19.3 Å². The third kappa shape index (κ3) is 3.60. The van der Waals surface area contributed by atoms with Crippen LogP contribution in [0.4, 0.5) is 5.82 Å². The minimum atomic E-state index is 0.820. The normalized spacial score (nSPS) is 17.7. The second-order valence-electron chi connectivity index (χ2n) is 5.02. The smallest absolute Gasteiger partial charge is 0.168 e. The summed E-state index contributed by atoms with van der Waals surface area (Å²) in [6.07, 6.45) is 5.64. The van der Waals surface area contributed by atoms with Gasteiger partial charge in [-0.3, -0.25) is 0 Å². The lowest BCUT2D eigenvalue weighted by molar-refractivity contribution is 0.215. The van der Waals surface area contributed by atoms with Crippen molar-refractivity contribution in [3.05, 3.63) is 18.3 Å². The Bertz CT molecular complexity index is 362. The Labute approximate surface area is 109 Å². The monoisotopic (exact) mass is 249 g/mol. The Morgan fingerprint density at radius 1 is 1.44 bits per heavy atom. The van der Waals surface area contributed by atoms with Crippen LogP contribution in [0.2, 0.25) is 0 Å². The predicted molar refractivity (Wildman–Crippen MR) is 74.1 cm³/mol. The molecular formula is C14H23N3O. The maximum atomic E-state index is 5.27. The molecule has 1 fully saturated rings. The number of hydrogen-bond donors (Lipinski definition) is 1. The minimum absolute atomic E-state index is 0.820. The van der Waals surface area contributed by atoms with E-state index in [0.717, 1.165) is 24.0 Å². The number of pyridine rings is 1. The summed E-state index contributed by atoms with van der Waals surface area (Å²) in [5.41, 5.74) is 0. The highest BCUT2D eigenvalue weighted by molar-refractivity contribution is 5.49. The summed E-state index contributed by atoms with van der Waals surface area (Å²) in [6.45, 7) is 3.44. The molecule has 0 aromatic carbocycles. The van der Waals surface area contributed by atoms with Crippen LogP contribution in [-0.4, -0.2) is 43.7 Å². The van der Waals surface area contributed by atoms with Gasteiger partial charge in [0.05, 0.1) is 7.11 Å². The molecule has 1 aromatic rings. The van der Waals surface area contributed by atoms with Crippen molar-refractivity contribution >= 4 is 5.82 Å². The van der Waals surface area contributed by atoms with E-state index in [1.165, 1.54) is 32.4 Å². The van der Waals surface area contributed by atoms with Crippen LogP contribution < -0.4 is 10.1 Å². The molecule has 0 aliphatic carbocycles. The number of ether oxygens (including phenoxy) is 1. The van der Waals surface area contributed by atoms with E-state index in [1.54, 1.807) is 13.3 Å². The van der Waals surface area contributed by atoms with Gasteiger partial charge in [0.25, 0.3) is 0 Å². The van der Waals surface area contributed by atoms with Gasteiger partial charge in [0.1, 0.15) is 0 Å². The lowest BCUT2D eigenvalue weighted by atomic mass is 9.94. The summed E-state index contributed by atoms with van der Waals surface area (Å²) in [4.78, 5) is 6.71. The van der Waals surface area contributed by atoms with Crippen LogP contribution in [-0.2, 0) is 0 Å². The van der Waals surface area contributed by atoms with Gasteiger partial charge in [-0.1, -0.05) is 0 Å². The second-order valence-corrected chi connectivity index (χ2v) is 5.02. The number of methoxy groups -OCH3 is 1. The van der Waals surface area contributed by atoms with Crippen LogP contribution in [0.1, 0.15) is 19.3 Å². The number of hydrogen-bond acceptors (Lipinski definition) is 4. The Morgan fingerprint density at radius 3 is 2.94 bits per heavy atom. The van der Waals surface area contributed by atoms with Gasteiger partial charge in [0.2, 0.25) is 0 Å². The predicted octanol–water partition coefficient (Wildman–Crippen LogP) is 2.23. The molecule has 1 N–H and O–H groups in total. The molecule has 0 amide bonds. The quantitative estimate of drug-likeness (QED) is 0.868. The number of nitrogens with zero attached hydrogens (tertiary/aromatic N) is 2. The lowest BCUT2D eigenvalue weighted by Crippen LogP contribution is -2.30. The van der Waals surface area contributed by atoms with E-state index < -0.39 is 0 Å². The highest BCUT2D eigenvalue weighted by Crippen LogP contribution is 2.22. The summed E-state index contributed by atoms with van der Waals surface area (Å²) < 4.78 is 5.27. The molecule has 1 aliphatic heterocycles. The van der Waals surface area contributed by atoms with E-state index in [-0.39, 0.29) is 0 Å². The summed E-state index contributed by atoms with van der Waals surface area (Å²) >= 11 is 0. The number of piperidine rings is 1. The van der Waals surface area contributed by atoms with Crippen LogP contribution >= 0.6 is 0 Å². The third-order valence-corrected chi connectivity index (χ3v) is 3.67. The van der Waals surface area contributed by atoms with Gasteiger partial charge in [-0.05, 0) is 57.5 Å². The van der Waals surface area contributed by atoms with Gasteiger partial charge in [0.15, 0.2) is 11.6 Å². The maximum Gasteiger partial charge on any atom is 0.168 e. The zero-order valence-corrected chi connectivity index (χ0v) is 11.4. The molecule has 4 heteroatoms. The van der Waals surface area contributed by atoms with E-state index in [0.29, 0.717) is 0 Å². The SMILES string of the molecule is COc1cccnc1NCCC1CCN(C)CC1. The lowest BCUT2D eigenvalue weighted by Gasteiger charge is -2.28. The number of nitrogens with one attached hydrogen (secondary N) is 1. The van der Waals surface area contributed by atoms with Crippen molar-refractivity contribution in [2.75, 3.05) is 39.1 Å². The van der Waals surface area contributed by atoms with E-state index in [1.807, 2.05) is 12.1 Å². The average molecular weight is 249 g/mol. The second kappa shape index (κ2) is 6.59. The van der Waals surface area contributed by atoms with Crippen molar-refractivity contribution in [2.24, 2.45) is 5.92 Å². The summed E-state index contributed by atoms with van der Waals surface area (Å²) in [5, 5.41) is 3.37. The fraction of sp³-hybridized carbons (Fsp3) is 0.643. The first-order chi connectivity index (χ1) is 8.79. The zero-order valence-electron chi connectivity index (χ0n) is 11.4. The number of aromatic nitrogens is 1. The van der Waals surface area contributed by atoms with Gasteiger partial charge in [-0.2, -0.15) is 0 Å². The molecule has 1 aromatic heterocycles. The van der Waals surface area contributed by atoms with Crippen LogP contribution in [0.15, 0.2) is 18.3 Å². The molecule has 0 spiro atoms. The molecule has 2 heterocycles. The topological polar surface area (TPSA) is 37.4 Å². The molecule has 1 saturated heterocycles. The standard InChI is InChI=1S/C14H23N3O/c1-17-10-6-12(7-11-17)5-9-16-14-13(18-2)4-3-8-15-14/h3-4,8,12H,5-7,9-11H2,1-2H3,(H,15,16). The Morgan fingerprint density at radius 2 is 2.22 bits per heavy atom. The Kier molecular flexibility index (Phi) is 4.81. The fourth-order valence-corrected chi connectivity index (χ4v) is 2.43. The molecule has 2 rings (SSSR count). The minimum Gasteiger partial charge on any atom is -0.493 e. The molecule has 1 aliphatic rings. The van der Waals surface area contributed by atoms with E-state index in [9.17, 15) is 0 Å². The van der Waals surface area contributed by atoms with Crippen molar-refractivity contribution < 1.29 is 4.74 Å². The van der Waals surface area contributed by atoms with Crippen molar-refractivity contribution in [3.63, 3.8) is 0 Å². The third-order valence-electron chi connectivity index (χ3n) is 3.67. The van der Waals surface area contributed by atoms with Crippen molar-refractivity contribution in [3.8, 4) is 5.75 Å². The van der Waals surface area contributed by atoms with Crippen LogP contribution in [0, 0.1) is 5.92 Å². The van der Waals surface area contributed by atoms with Crippen LogP contribution in [0.25, 0.3) is 0 Å². The van der Waals surface area contributed by atoms with Gasteiger partial charge >= 0.3 is 0 Å². The summed E-state index contributed by atoms with van der Waals surface area (Å²) in [5.74, 6) is 2.53. The Balaban J connectivity index is 1.75. The molecule has 0 radical (unpaired) electrons. The summed E-state index contributed by atoms with van der Waals surface area (Å²) in [6, 6.07) is 3.83. The van der Waals surface area contributed by atoms with E-state index in [2.05, 4.69) is 22.2 Å². The first kappa shape index (κ1) is 13.1. The van der Waals surface area contributed by atoms with Gasteiger partial charge < -0.3 is 15.0 Å². The van der Waals surface area contributed by atoms with Gasteiger partial charge in [-0.15, -0.1) is 0 Å². The van der Waals surface area contributed by atoms with Gasteiger partial charge in [-0.25, -0.2) is 4.98 Å². The molecule has 100 valence electrons. The average Bonchev–Trinajstić information content (AvgIpc) is 2.41. The first-order valence-corrected chi connectivity index (χ1v) is 6.71. The van der Waals surface area contributed by atoms with Gasteiger partial charge in [0, 0.05) is 12.7 Å². The molecule has 4 nitrogen and oxygen atoms in total. The largest absolute Gasteiger partial charge is 0.493 e. The Hall–Kier alpha value is -1.29. The highest BCUT2D eigenvalue weighted by Gasteiger charge is 2.16. The van der Waals surface area contributed by atoms with Crippen molar-refractivity contribution in [1.29, 1.82) is 0 Å². The number of rotatable bonds is 5. The van der Waals surface area contributed by atoms with Crippen LogP contribution in [0.5, 0.6) is 5.75 Å². The molecular weight excluding hydrogens is 226 g/mol. The molecule has 18 heavy (non-hydrogen) atoms. The zero-order chi connectivity index (χ0) is 12.8. The van der Waals surface area contributed by atoms with Crippen LogP contribution in [0.3, 0.4) is 0 Å². The molecule has 0 unspecified atom stereocenters. The molecule has 0 bridgehead atoms. The fourth-order valence-electron chi connectivity index (χ4n) is 2.43. The number of anilines is 1. The molecule has 0 saturated carbocycles. The summed E-state index contributed by atoms with van der Waals surface area (Å²) in [7, 11) is 3.88. The molecule has 0 atom stereocenters. The van der Waals surface area contributed by atoms with E-state index in [4.69, 9.17) is 4.74 Å². The van der Waals surface area contributed by atoms with Crippen molar-refractivity contribution in [1.82, 2.24) is 9.88 Å². The van der Waals surface area contributed by atoms with E-state index >= 15 is 0 Å². The highest BCUT2D eigenvalue weighted by atomic mass is 16.5. The number of likely N-dealkylation sites (tertiary alicyclic amines) is 1. The maximum absolute atomic E-state index is 5.27.